The summed E-state index contributed by atoms with van der Waals surface area (Å²) in [5, 5.41) is 2.81. The van der Waals surface area contributed by atoms with Gasteiger partial charge in [-0.15, -0.1) is 0 Å². The van der Waals surface area contributed by atoms with Crippen molar-refractivity contribution in [1.82, 2.24) is 0 Å². The zero-order valence-electron chi connectivity index (χ0n) is 16.0. The molecule has 1 amide bonds. The lowest BCUT2D eigenvalue weighted by atomic mass is 10.1. The summed E-state index contributed by atoms with van der Waals surface area (Å²) in [7, 11) is -3.74. The highest BCUT2D eigenvalue weighted by Gasteiger charge is 2.16. The molecule has 6 heteroatoms. The molecule has 2 N–H and O–H groups in total. The van der Waals surface area contributed by atoms with Crippen LogP contribution in [-0.4, -0.2) is 14.3 Å². The average Bonchev–Trinajstić information content (AvgIpc) is 2.65. The maximum atomic E-state index is 12.7. The Hall–Kier alpha value is -3.12. The molecule has 3 aromatic rings. The maximum absolute atomic E-state index is 12.7. The van der Waals surface area contributed by atoms with Crippen molar-refractivity contribution in [2.75, 3.05) is 10.0 Å². The van der Waals surface area contributed by atoms with Crippen LogP contribution in [0.4, 0.5) is 11.4 Å². The number of hydrogen-bond donors (Lipinski definition) is 2. The van der Waals surface area contributed by atoms with Gasteiger partial charge in [0.2, 0.25) is 0 Å². The number of rotatable bonds is 5. The zero-order valence-corrected chi connectivity index (χ0v) is 16.8. The van der Waals surface area contributed by atoms with Crippen LogP contribution < -0.4 is 10.0 Å². The topological polar surface area (TPSA) is 75.3 Å². The van der Waals surface area contributed by atoms with E-state index in [1.807, 2.05) is 45.0 Å². The summed E-state index contributed by atoms with van der Waals surface area (Å²) in [5.74, 6) is -0.294. The number of carbonyl (C=O) groups excluding carboxylic acids is 1. The smallest absolute Gasteiger partial charge is 0.261 e. The van der Waals surface area contributed by atoms with Gasteiger partial charge in [0, 0.05) is 11.3 Å². The van der Waals surface area contributed by atoms with Gasteiger partial charge in [0.25, 0.3) is 15.9 Å². The minimum absolute atomic E-state index is 0.0977. The molecule has 28 heavy (non-hydrogen) atoms. The van der Waals surface area contributed by atoms with E-state index in [0.29, 0.717) is 16.9 Å². The van der Waals surface area contributed by atoms with E-state index in [1.165, 1.54) is 24.3 Å². The number of amides is 1. The lowest BCUT2D eigenvalue weighted by Crippen LogP contribution is -2.15. The third-order valence-electron chi connectivity index (χ3n) is 4.55. The fraction of sp³-hybridized carbons (Fsp3) is 0.136. The van der Waals surface area contributed by atoms with Crippen LogP contribution in [0, 0.1) is 20.8 Å². The zero-order chi connectivity index (χ0) is 20.3. The molecule has 5 nitrogen and oxygen atoms in total. The van der Waals surface area contributed by atoms with Gasteiger partial charge >= 0.3 is 0 Å². The normalized spacial score (nSPS) is 11.1. The molecule has 0 aliphatic rings. The highest BCUT2D eigenvalue weighted by Crippen LogP contribution is 2.22. The fourth-order valence-electron chi connectivity index (χ4n) is 2.78. The SMILES string of the molecule is Cc1cccc(NC(=O)c2ccc(S(=O)(=O)Nc3cccc(C)c3C)cc2)c1. The Bertz CT molecular complexity index is 1120. The molecule has 0 radical (unpaired) electrons. The van der Waals surface area contributed by atoms with E-state index in [2.05, 4.69) is 10.0 Å². The van der Waals surface area contributed by atoms with Crippen LogP contribution >= 0.6 is 0 Å². The van der Waals surface area contributed by atoms with Crippen LogP contribution in [0.1, 0.15) is 27.0 Å². The second kappa shape index (κ2) is 7.86. The van der Waals surface area contributed by atoms with Crippen LogP contribution in [0.3, 0.4) is 0 Å². The molecule has 0 aliphatic heterocycles. The van der Waals surface area contributed by atoms with Crippen LogP contribution in [0.2, 0.25) is 0 Å². The summed E-state index contributed by atoms with van der Waals surface area (Å²) in [5.41, 5.74) is 4.53. The lowest BCUT2D eigenvalue weighted by molar-refractivity contribution is 0.102. The summed E-state index contributed by atoms with van der Waals surface area (Å²) in [6.07, 6.45) is 0. The van der Waals surface area contributed by atoms with Gasteiger partial charge in [-0.1, -0.05) is 24.3 Å². The Morgan fingerprint density at radius 3 is 2.21 bits per heavy atom. The van der Waals surface area contributed by atoms with Crippen LogP contribution in [-0.2, 0) is 10.0 Å². The molecule has 0 atom stereocenters. The van der Waals surface area contributed by atoms with Gasteiger partial charge in [-0.3, -0.25) is 9.52 Å². The molecule has 0 spiro atoms. The summed E-state index contributed by atoms with van der Waals surface area (Å²) in [6.45, 7) is 5.74. The van der Waals surface area contributed by atoms with Crippen LogP contribution in [0.5, 0.6) is 0 Å². The molecule has 0 heterocycles. The van der Waals surface area contributed by atoms with Crippen molar-refractivity contribution in [2.24, 2.45) is 0 Å². The number of benzene rings is 3. The molecule has 3 aromatic carbocycles. The summed E-state index contributed by atoms with van der Waals surface area (Å²) >= 11 is 0. The predicted molar refractivity (Wildman–Crippen MR) is 112 cm³/mol. The van der Waals surface area contributed by atoms with Crippen LogP contribution in [0.25, 0.3) is 0 Å². The fourth-order valence-corrected chi connectivity index (χ4v) is 3.90. The first-order valence-corrected chi connectivity index (χ1v) is 10.3. The van der Waals surface area contributed by atoms with E-state index in [4.69, 9.17) is 0 Å². The molecule has 0 saturated carbocycles. The highest BCUT2D eigenvalue weighted by molar-refractivity contribution is 7.92. The van der Waals surface area contributed by atoms with Crippen molar-refractivity contribution in [3.8, 4) is 0 Å². The second-order valence-electron chi connectivity index (χ2n) is 6.70. The van der Waals surface area contributed by atoms with Gasteiger partial charge in [-0.2, -0.15) is 0 Å². The van der Waals surface area contributed by atoms with Gasteiger partial charge in [0.15, 0.2) is 0 Å². The number of hydrogen-bond acceptors (Lipinski definition) is 3. The van der Waals surface area contributed by atoms with E-state index in [9.17, 15) is 13.2 Å². The second-order valence-corrected chi connectivity index (χ2v) is 8.38. The molecular formula is C22H22N2O3S. The molecule has 0 saturated heterocycles. The van der Waals surface area contributed by atoms with Crippen molar-refractivity contribution in [3.63, 3.8) is 0 Å². The van der Waals surface area contributed by atoms with Gasteiger partial charge in [0.05, 0.1) is 10.6 Å². The molecule has 0 bridgehead atoms. The van der Waals surface area contributed by atoms with Gasteiger partial charge < -0.3 is 5.32 Å². The molecule has 3 rings (SSSR count). The van der Waals surface area contributed by atoms with E-state index in [-0.39, 0.29) is 10.8 Å². The Labute approximate surface area is 165 Å². The number of carbonyl (C=O) groups is 1. The number of aryl methyl sites for hydroxylation is 2. The Kier molecular flexibility index (Phi) is 5.51. The molecule has 0 fully saturated rings. The number of sulfonamides is 1. The van der Waals surface area contributed by atoms with Gasteiger partial charge in [0.1, 0.15) is 0 Å². The molecule has 0 aliphatic carbocycles. The Morgan fingerprint density at radius 1 is 0.857 bits per heavy atom. The first-order valence-electron chi connectivity index (χ1n) is 8.83. The van der Waals surface area contributed by atoms with E-state index in [1.54, 1.807) is 18.2 Å². The monoisotopic (exact) mass is 394 g/mol. The predicted octanol–water partition coefficient (Wildman–Crippen LogP) is 4.66. The Morgan fingerprint density at radius 2 is 1.54 bits per heavy atom. The van der Waals surface area contributed by atoms with E-state index in [0.717, 1.165) is 16.7 Å². The van der Waals surface area contributed by atoms with Crippen LogP contribution in [0.15, 0.2) is 71.6 Å². The van der Waals surface area contributed by atoms with Gasteiger partial charge in [-0.05, 0) is 79.9 Å². The summed E-state index contributed by atoms with van der Waals surface area (Å²) < 4.78 is 27.9. The summed E-state index contributed by atoms with van der Waals surface area (Å²) in [6, 6.07) is 18.8. The third-order valence-corrected chi connectivity index (χ3v) is 5.93. The maximum Gasteiger partial charge on any atom is 0.261 e. The minimum atomic E-state index is -3.74. The molecular weight excluding hydrogens is 372 g/mol. The highest BCUT2D eigenvalue weighted by atomic mass is 32.2. The molecule has 0 aromatic heterocycles. The standard InChI is InChI=1S/C22H22N2O3S/c1-15-6-4-8-19(14-15)23-22(25)18-10-12-20(13-11-18)28(26,27)24-21-9-5-7-16(2)17(21)3/h4-14,24H,1-3H3,(H,23,25). The largest absolute Gasteiger partial charge is 0.322 e. The number of anilines is 2. The first-order chi connectivity index (χ1) is 13.3. The number of nitrogens with one attached hydrogen (secondary N) is 2. The van der Waals surface area contributed by atoms with Crippen molar-refractivity contribution < 1.29 is 13.2 Å². The minimum Gasteiger partial charge on any atom is -0.322 e. The third kappa shape index (κ3) is 4.40. The van der Waals surface area contributed by atoms with Crippen molar-refractivity contribution in [2.45, 2.75) is 25.7 Å². The Balaban J connectivity index is 1.77. The van der Waals surface area contributed by atoms with Gasteiger partial charge in [-0.25, -0.2) is 8.42 Å². The summed E-state index contributed by atoms with van der Waals surface area (Å²) in [4.78, 5) is 12.5. The van der Waals surface area contributed by atoms with E-state index >= 15 is 0 Å². The van der Waals surface area contributed by atoms with Crippen molar-refractivity contribution >= 4 is 27.3 Å². The van der Waals surface area contributed by atoms with Crippen molar-refractivity contribution in [3.05, 3.63) is 89.0 Å². The first kappa shape index (κ1) is 19.6. The molecule has 144 valence electrons. The quantitative estimate of drug-likeness (QED) is 0.661. The van der Waals surface area contributed by atoms with E-state index < -0.39 is 10.0 Å². The molecule has 0 unspecified atom stereocenters. The van der Waals surface area contributed by atoms with Crippen molar-refractivity contribution in [1.29, 1.82) is 0 Å². The average molecular weight is 394 g/mol. The lowest BCUT2D eigenvalue weighted by Gasteiger charge is -2.12.